The van der Waals surface area contributed by atoms with Crippen LogP contribution in [0.4, 0.5) is 4.79 Å². The lowest BCUT2D eigenvalue weighted by Crippen LogP contribution is -2.39. The second kappa shape index (κ2) is 6.75. The van der Waals surface area contributed by atoms with E-state index >= 15 is 0 Å². The van der Waals surface area contributed by atoms with E-state index in [0.717, 1.165) is 11.3 Å². The number of hydrogen-bond donors (Lipinski definition) is 2. The normalized spacial score (nSPS) is 9.74. The average molecular weight is 281 g/mol. The number of aromatic nitrogens is 1. The summed E-state index contributed by atoms with van der Waals surface area (Å²) in [6.07, 6.45) is 5.16. The molecule has 0 saturated carbocycles. The van der Waals surface area contributed by atoms with Gasteiger partial charge in [-0.2, -0.15) is 0 Å². The van der Waals surface area contributed by atoms with E-state index in [1.807, 2.05) is 6.92 Å². The molecule has 7 heteroatoms. The molecule has 2 amide bonds. The molecule has 6 nitrogen and oxygen atoms in total. The number of rotatable bonds is 5. The Labute approximate surface area is 115 Å². The van der Waals surface area contributed by atoms with E-state index in [4.69, 9.17) is 11.5 Å². The maximum atomic E-state index is 11.7. The Hall–Kier alpha value is -2.07. The quantitative estimate of drug-likeness (QED) is 0.797. The molecule has 0 aliphatic heterocycles. The first-order valence-corrected chi connectivity index (χ1v) is 6.47. The van der Waals surface area contributed by atoms with Gasteiger partial charge in [0, 0.05) is 6.54 Å². The summed E-state index contributed by atoms with van der Waals surface area (Å²) in [5.74, 6) is 1.40. The zero-order chi connectivity index (χ0) is 14.4. The van der Waals surface area contributed by atoms with Crippen LogP contribution in [0, 0.1) is 19.3 Å². The van der Waals surface area contributed by atoms with E-state index < -0.39 is 5.97 Å². The van der Waals surface area contributed by atoms with Crippen molar-refractivity contribution in [2.45, 2.75) is 20.4 Å². The fraction of sp³-hybridized carbons (Fsp3) is 0.417. The highest BCUT2D eigenvalue weighted by atomic mass is 32.1. The number of nitrogens with zero attached hydrogens (tertiary/aromatic N) is 2. The van der Waals surface area contributed by atoms with Gasteiger partial charge in [0.2, 0.25) is 0 Å². The topological polar surface area (TPSA) is 82.5 Å². The van der Waals surface area contributed by atoms with E-state index in [9.17, 15) is 9.59 Å². The maximum absolute atomic E-state index is 11.7. The third-order valence-electron chi connectivity index (χ3n) is 2.38. The molecule has 0 bridgehead atoms. The Morgan fingerprint density at radius 3 is 2.74 bits per heavy atom. The highest BCUT2D eigenvalue weighted by Gasteiger charge is 2.15. The summed E-state index contributed by atoms with van der Waals surface area (Å²) in [7, 11) is 0. The smallest absolute Gasteiger partial charge is 0.347 e. The number of terminal acetylenes is 1. The first kappa shape index (κ1) is 15.0. The van der Waals surface area contributed by atoms with Crippen LogP contribution >= 0.6 is 11.3 Å². The largest absolute Gasteiger partial charge is 0.477 e. The molecule has 0 atom stereocenters. The van der Waals surface area contributed by atoms with Crippen LogP contribution in [0.25, 0.3) is 0 Å². The summed E-state index contributed by atoms with van der Waals surface area (Å²) < 4.78 is 0. The molecule has 1 rings (SSSR count). The van der Waals surface area contributed by atoms with Crippen molar-refractivity contribution in [2.75, 3.05) is 13.1 Å². The van der Waals surface area contributed by atoms with Gasteiger partial charge in [0.15, 0.2) is 0 Å². The number of aryl methyl sites for hydroxylation is 1. The van der Waals surface area contributed by atoms with Gasteiger partial charge in [0.1, 0.15) is 9.88 Å². The van der Waals surface area contributed by atoms with Crippen molar-refractivity contribution < 1.29 is 14.7 Å². The van der Waals surface area contributed by atoms with E-state index in [2.05, 4.69) is 16.2 Å². The van der Waals surface area contributed by atoms with Gasteiger partial charge in [-0.25, -0.2) is 14.6 Å². The standard InChI is InChI=1S/C12H15N3O3S/c1-4-6-15(5-2)12(18)13-7-9-14-8(3)10(19-9)11(16)17/h1H,5-7H2,2-3H3,(H,13,18)(H,16,17). The van der Waals surface area contributed by atoms with E-state index in [1.54, 1.807) is 6.92 Å². The molecule has 0 aliphatic rings. The Morgan fingerprint density at radius 1 is 1.58 bits per heavy atom. The van der Waals surface area contributed by atoms with Gasteiger partial charge in [0.05, 0.1) is 18.8 Å². The van der Waals surface area contributed by atoms with E-state index in [-0.39, 0.29) is 24.0 Å². The van der Waals surface area contributed by atoms with E-state index in [1.165, 1.54) is 4.90 Å². The summed E-state index contributed by atoms with van der Waals surface area (Å²) >= 11 is 1.06. The Morgan fingerprint density at radius 2 is 2.26 bits per heavy atom. The number of hydrogen-bond acceptors (Lipinski definition) is 4. The van der Waals surface area contributed by atoms with Gasteiger partial charge >= 0.3 is 12.0 Å². The molecule has 0 aromatic carbocycles. The third kappa shape index (κ3) is 3.96. The molecule has 1 heterocycles. The number of carbonyl (C=O) groups excluding carboxylic acids is 1. The van der Waals surface area contributed by atoms with Crippen LogP contribution in [0.1, 0.15) is 27.3 Å². The highest BCUT2D eigenvalue weighted by molar-refractivity contribution is 7.13. The zero-order valence-corrected chi connectivity index (χ0v) is 11.6. The summed E-state index contributed by atoms with van der Waals surface area (Å²) in [5, 5.41) is 12.1. The zero-order valence-electron chi connectivity index (χ0n) is 10.8. The molecule has 0 unspecified atom stereocenters. The van der Waals surface area contributed by atoms with Gasteiger partial charge in [0.25, 0.3) is 0 Å². The van der Waals surface area contributed by atoms with Crippen molar-refractivity contribution in [1.82, 2.24) is 15.2 Å². The number of amides is 2. The van der Waals surface area contributed by atoms with Crippen molar-refractivity contribution in [1.29, 1.82) is 0 Å². The predicted octanol–water partition coefficient (Wildman–Crippen LogP) is 1.31. The third-order valence-corrected chi connectivity index (χ3v) is 3.52. The molecule has 0 saturated heterocycles. The molecule has 0 radical (unpaired) electrons. The highest BCUT2D eigenvalue weighted by Crippen LogP contribution is 2.17. The molecule has 0 aliphatic carbocycles. The maximum Gasteiger partial charge on any atom is 0.347 e. The number of nitrogens with one attached hydrogen (secondary N) is 1. The van der Waals surface area contributed by atoms with Gasteiger partial charge in [-0.3, -0.25) is 0 Å². The van der Waals surface area contributed by atoms with Crippen LogP contribution in [0.2, 0.25) is 0 Å². The van der Waals surface area contributed by atoms with Crippen LogP contribution in [0.5, 0.6) is 0 Å². The van der Waals surface area contributed by atoms with Crippen LogP contribution in [0.3, 0.4) is 0 Å². The average Bonchev–Trinajstić information content (AvgIpc) is 2.74. The Bertz CT molecular complexity index is 519. The van der Waals surface area contributed by atoms with Gasteiger partial charge in [-0.15, -0.1) is 17.8 Å². The minimum absolute atomic E-state index is 0.193. The molecule has 0 spiro atoms. The summed E-state index contributed by atoms with van der Waals surface area (Å²) in [5.41, 5.74) is 0.456. The van der Waals surface area contributed by atoms with E-state index in [0.29, 0.717) is 17.2 Å². The fourth-order valence-corrected chi connectivity index (χ4v) is 2.27. The molecular weight excluding hydrogens is 266 g/mol. The lowest BCUT2D eigenvalue weighted by Gasteiger charge is -2.17. The van der Waals surface area contributed by atoms with Crippen molar-refractivity contribution >= 4 is 23.3 Å². The molecule has 1 aromatic heterocycles. The molecule has 0 fully saturated rings. The van der Waals surface area contributed by atoms with Crippen LogP contribution in [-0.2, 0) is 6.54 Å². The van der Waals surface area contributed by atoms with Gasteiger partial charge in [-0.05, 0) is 13.8 Å². The van der Waals surface area contributed by atoms with Crippen LogP contribution < -0.4 is 5.32 Å². The SMILES string of the molecule is C#CCN(CC)C(=O)NCc1nc(C)c(C(=O)O)s1. The number of carboxylic acids is 1. The minimum Gasteiger partial charge on any atom is -0.477 e. The number of thiazole rings is 1. The lowest BCUT2D eigenvalue weighted by atomic mass is 10.4. The predicted molar refractivity (Wildman–Crippen MR) is 72.1 cm³/mol. The fourth-order valence-electron chi connectivity index (χ4n) is 1.43. The van der Waals surface area contributed by atoms with Crippen molar-refractivity contribution in [3.8, 4) is 12.3 Å². The number of urea groups is 1. The summed E-state index contributed by atoms with van der Waals surface area (Å²) in [6, 6.07) is -0.287. The van der Waals surface area contributed by atoms with Crippen molar-refractivity contribution in [3.05, 3.63) is 15.6 Å². The second-order valence-electron chi connectivity index (χ2n) is 3.70. The Kier molecular flexibility index (Phi) is 5.33. The molecule has 2 N–H and O–H groups in total. The number of aromatic carboxylic acids is 1. The Balaban J connectivity index is 2.62. The van der Waals surface area contributed by atoms with Crippen LogP contribution in [0.15, 0.2) is 0 Å². The van der Waals surface area contributed by atoms with Gasteiger partial charge in [-0.1, -0.05) is 5.92 Å². The van der Waals surface area contributed by atoms with Crippen LogP contribution in [-0.4, -0.2) is 40.1 Å². The summed E-state index contributed by atoms with van der Waals surface area (Å²) in [4.78, 5) is 28.4. The molecule has 1 aromatic rings. The first-order chi connectivity index (χ1) is 8.99. The molecule has 102 valence electrons. The monoisotopic (exact) mass is 281 g/mol. The number of carboxylic acid groups (broad SMARTS) is 1. The first-order valence-electron chi connectivity index (χ1n) is 5.65. The second-order valence-corrected chi connectivity index (χ2v) is 4.79. The summed E-state index contributed by atoms with van der Waals surface area (Å²) in [6.45, 7) is 4.39. The molecular formula is C12H15N3O3S. The minimum atomic E-state index is -1.00. The van der Waals surface area contributed by atoms with Crippen molar-refractivity contribution in [3.63, 3.8) is 0 Å². The number of carbonyl (C=O) groups is 2. The van der Waals surface area contributed by atoms with Crippen molar-refractivity contribution in [2.24, 2.45) is 0 Å². The molecule has 19 heavy (non-hydrogen) atoms. The lowest BCUT2D eigenvalue weighted by molar-refractivity contribution is 0.0701. The van der Waals surface area contributed by atoms with Gasteiger partial charge < -0.3 is 15.3 Å².